The number of aryl methyl sites for hydroxylation is 1. The van der Waals surface area contributed by atoms with Gasteiger partial charge in [0.1, 0.15) is 5.82 Å². The fraction of sp³-hybridized carbons (Fsp3) is 0.200. The van der Waals surface area contributed by atoms with Crippen LogP contribution in [0.4, 0.5) is 4.39 Å². The Morgan fingerprint density at radius 1 is 1.24 bits per heavy atom. The Labute approximate surface area is 121 Å². The zero-order valence-corrected chi connectivity index (χ0v) is 11.5. The van der Waals surface area contributed by atoms with E-state index in [0.29, 0.717) is 16.8 Å². The number of primary amides is 1. The van der Waals surface area contributed by atoms with E-state index in [9.17, 15) is 14.0 Å². The van der Waals surface area contributed by atoms with E-state index in [2.05, 4.69) is 0 Å². The molecular formula is C15H16FN3O2. The summed E-state index contributed by atoms with van der Waals surface area (Å²) in [6.45, 7) is 0. The Morgan fingerprint density at radius 2 is 1.86 bits per heavy atom. The first-order valence-corrected chi connectivity index (χ1v) is 6.39. The summed E-state index contributed by atoms with van der Waals surface area (Å²) in [5.41, 5.74) is 12.5. The minimum atomic E-state index is -0.567. The minimum Gasteiger partial charge on any atom is -0.370 e. The van der Waals surface area contributed by atoms with Crippen LogP contribution in [0.25, 0.3) is 0 Å². The Kier molecular flexibility index (Phi) is 4.18. The van der Waals surface area contributed by atoms with Crippen LogP contribution >= 0.6 is 0 Å². The Balaban J connectivity index is 2.27. The van der Waals surface area contributed by atoms with Crippen molar-refractivity contribution in [2.24, 2.45) is 18.5 Å². The van der Waals surface area contributed by atoms with Gasteiger partial charge in [-0.25, -0.2) is 4.39 Å². The Bertz CT molecular complexity index is 677. The van der Waals surface area contributed by atoms with E-state index >= 15 is 0 Å². The van der Waals surface area contributed by atoms with Gasteiger partial charge in [0, 0.05) is 36.5 Å². The summed E-state index contributed by atoms with van der Waals surface area (Å²) < 4.78 is 14.6. The molecular weight excluding hydrogens is 273 g/mol. The summed E-state index contributed by atoms with van der Waals surface area (Å²) in [6, 6.07) is 6.37. The lowest BCUT2D eigenvalue weighted by atomic mass is 10.0. The standard InChI is InChI=1S/C15H16FN3O2/c1-19-8-10(6-13(19)12(17)7-14(18)20)15(21)9-2-4-11(16)5-3-9/h2-6,8,12H,7,17H2,1H3,(H2,18,20). The van der Waals surface area contributed by atoms with Crippen LogP contribution in [0.1, 0.15) is 34.1 Å². The van der Waals surface area contributed by atoms with Crippen LogP contribution in [0.3, 0.4) is 0 Å². The summed E-state index contributed by atoms with van der Waals surface area (Å²) in [6.07, 6.45) is 1.63. The number of aromatic nitrogens is 1. The maximum absolute atomic E-state index is 12.9. The van der Waals surface area contributed by atoms with Crippen molar-refractivity contribution in [3.63, 3.8) is 0 Å². The first-order valence-electron chi connectivity index (χ1n) is 6.39. The van der Waals surface area contributed by atoms with Crippen LogP contribution in [0.15, 0.2) is 36.5 Å². The highest BCUT2D eigenvalue weighted by atomic mass is 19.1. The number of nitrogens with two attached hydrogens (primary N) is 2. The largest absolute Gasteiger partial charge is 0.370 e. The van der Waals surface area contributed by atoms with E-state index in [1.807, 2.05) is 0 Å². The molecule has 2 aromatic rings. The van der Waals surface area contributed by atoms with Gasteiger partial charge in [0.05, 0.1) is 6.04 Å². The molecule has 0 aliphatic carbocycles. The van der Waals surface area contributed by atoms with Gasteiger partial charge in [-0.2, -0.15) is 0 Å². The third-order valence-corrected chi connectivity index (χ3v) is 3.21. The molecule has 0 saturated carbocycles. The van der Waals surface area contributed by atoms with Gasteiger partial charge in [-0.15, -0.1) is 0 Å². The van der Waals surface area contributed by atoms with Crippen LogP contribution in [-0.2, 0) is 11.8 Å². The summed E-state index contributed by atoms with van der Waals surface area (Å²) in [7, 11) is 1.73. The molecule has 0 saturated heterocycles. The van der Waals surface area contributed by atoms with Crippen molar-refractivity contribution in [3.8, 4) is 0 Å². The van der Waals surface area contributed by atoms with Crippen molar-refractivity contribution in [2.45, 2.75) is 12.5 Å². The highest BCUT2D eigenvalue weighted by molar-refractivity contribution is 6.09. The lowest BCUT2D eigenvalue weighted by Gasteiger charge is -2.10. The molecule has 0 aliphatic rings. The number of amides is 1. The van der Waals surface area contributed by atoms with Gasteiger partial charge in [-0.1, -0.05) is 0 Å². The lowest BCUT2D eigenvalue weighted by Crippen LogP contribution is -2.22. The number of hydrogen-bond donors (Lipinski definition) is 2. The van der Waals surface area contributed by atoms with Crippen molar-refractivity contribution in [3.05, 3.63) is 59.2 Å². The van der Waals surface area contributed by atoms with Gasteiger partial charge >= 0.3 is 0 Å². The number of rotatable bonds is 5. The average molecular weight is 289 g/mol. The highest BCUT2D eigenvalue weighted by Gasteiger charge is 2.18. The number of ketones is 1. The van der Waals surface area contributed by atoms with Crippen LogP contribution in [0.5, 0.6) is 0 Å². The number of hydrogen-bond acceptors (Lipinski definition) is 3. The predicted molar refractivity (Wildman–Crippen MR) is 76.0 cm³/mol. The first kappa shape index (κ1) is 14.9. The Hall–Kier alpha value is -2.47. The summed E-state index contributed by atoms with van der Waals surface area (Å²) in [5, 5.41) is 0. The molecule has 0 spiro atoms. The number of nitrogens with zero attached hydrogens (tertiary/aromatic N) is 1. The molecule has 0 aliphatic heterocycles. The van der Waals surface area contributed by atoms with E-state index in [1.54, 1.807) is 23.9 Å². The summed E-state index contributed by atoms with van der Waals surface area (Å²) >= 11 is 0. The molecule has 6 heteroatoms. The molecule has 5 nitrogen and oxygen atoms in total. The second-order valence-electron chi connectivity index (χ2n) is 4.88. The zero-order chi connectivity index (χ0) is 15.6. The number of halogens is 1. The fourth-order valence-corrected chi connectivity index (χ4v) is 2.16. The minimum absolute atomic E-state index is 0.00202. The molecule has 1 unspecified atom stereocenters. The summed E-state index contributed by atoms with van der Waals surface area (Å²) in [4.78, 5) is 23.2. The molecule has 21 heavy (non-hydrogen) atoms. The second-order valence-corrected chi connectivity index (χ2v) is 4.88. The van der Waals surface area contributed by atoms with Crippen molar-refractivity contribution in [2.75, 3.05) is 0 Å². The highest BCUT2D eigenvalue weighted by Crippen LogP contribution is 2.19. The molecule has 1 heterocycles. The Morgan fingerprint density at radius 3 is 2.43 bits per heavy atom. The zero-order valence-electron chi connectivity index (χ0n) is 11.5. The molecule has 1 amide bonds. The SMILES string of the molecule is Cn1cc(C(=O)c2ccc(F)cc2)cc1C(N)CC(N)=O. The van der Waals surface area contributed by atoms with E-state index in [0.717, 1.165) is 0 Å². The van der Waals surface area contributed by atoms with Gasteiger partial charge in [0.15, 0.2) is 5.78 Å². The quantitative estimate of drug-likeness (QED) is 0.812. The van der Waals surface area contributed by atoms with Crippen LogP contribution < -0.4 is 11.5 Å². The fourth-order valence-electron chi connectivity index (χ4n) is 2.16. The molecule has 4 N–H and O–H groups in total. The van der Waals surface area contributed by atoms with Crippen LogP contribution in [-0.4, -0.2) is 16.3 Å². The predicted octanol–water partition coefficient (Wildman–Crippen LogP) is 1.27. The monoisotopic (exact) mass is 289 g/mol. The normalized spacial score (nSPS) is 12.1. The third kappa shape index (κ3) is 3.35. The third-order valence-electron chi connectivity index (χ3n) is 3.21. The van der Waals surface area contributed by atoms with Gasteiger partial charge in [0.25, 0.3) is 0 Å². The van der Waals surface area contributed by atoms with Crippen molar-refractivity contribution < 1.29 is 14.0 Å². The lowest BCUT2D eigenvalue weighted by molar-refractivity contribution is -0.118. The van der Waals surface area contributed by atoms with E-state index in [4.69, 9.17) is 11.5 Å². The van der Waals surface area contributed by atoms with Crippen LogP contribution in [0.2, 0.25) is 0 Å². The van der Waals surface area contributed by atoms with Crippen molar-refractivity contribution in [1.82, 2.24) is 4.57 Å². The number of benzene rings is 1. The summed E-state index contributed by atoms with van der Waals surface area (Å²) in [5.74, 6) is -1.14. The molecule has 2 rings (SSSR count). The van der Waals surface area contributed by atoms with Crippen LogP contribution in [0, 0.1) is 5.82 Å². The van der Waals surface area contributed by atoms with E-state index in [-0.39, 0.29) is 12.2 Å². The van der Waals surface area contributed by atoms with Gasteiger partial charge < -0.3 is 16.0 Å². The van der Waals surface area contributed by atoms with Gasteiger partial charge in [-0.3, -0.25) is 9.59 Å². The van der Waals surface area contributed by atoms with E-state index in [1.165, 1.54) is 24.3 Å². The first-order chi connectivity index (χ1) is 9.88. The topological polar surface area (TPSA) is 91.1 Å². The molecule has 0 bridgehead atoms. The smallest absolute Gasteiger partial charge is 0.219 e. The molecule has 0 radical (unpaired) electrons. The molecule has 0 fully saturated rings. The maximum Gasteiger partial charge on any atom is 0.219 e. The van der Waals surface area contributed by atoms with Gasteiger partial charge in [-0.05, 0) is 30.3 Å². The van der Waals surface area contributed by atoms with E-state index < -0.39 is 17.8 Å². The molecule has 110 valence electrons. The average Bonchev–Trinajstić information content (AvgIpc) is 2.80. The number of carbonyl (C=O) groups excluding carboxylic acids is 2. The van der Waals surface area contributed by atoms with Gasteiger partial charge in [0.2, 0.25) is 5.91 Å². The molecule has 1 aromatic carbocycles. The maximum atomic E-state index is 12.9. The van der Waals surface area contributed by atoms with Crippen molar-refractivity contribution in [1.29, 1.82) is 0 Å². The molecule has 1 atom stereocenters. The second kappa shape index (κ2) is 5.88. The molecule has 1 aromatic heterocycles. The van der Waals surface area contributed by atoms with Crippen molar-refractivity contribution >= 4 is 11.7 Å². The number of carbonyl (C=O) groups is 2.